The topological polar surface area (TPSA) is 138 Å². The molecule has 9 atom stereocenters. The van der Waals surface area contributed by atoms with Crippen molar-refractivity contribution in [2.24, 2.45) is 17.8 Å². The first-order valence-electron chi connectivity index (χ1n) is 18.2. The van der Waals surface area contributed by atoms with Gasteiger partial charge in [0.2, 0.25) is 17.7 Å². The predicted octanol–water partition coefficient (Wildman–Crippen LogP) is 2.86. The lowest BCUT2D eigenvalue weighted by Crippen LogP contribution is -2.60. The van der Waals surface area contributed by atoms with Crippen LogP contribution in [0.2, 0.25) is 0 Å². The molecule has 1 aromatic rings. The molecule has 13 heteroatoms. The molecule has 2 N–H and O–H groups in total. The Labute approximate surface area is 309 Å². The van der Waals surface area contributed by atoms with Crippen LogP contribution in [0.5, 0.6) is 0 Å². The van der Waals surface area contributed by atoms with Crippen LogP contribution in [0.15, 0.2) is 55.6 Å². The number of hydrogen-bond acceptors (Lipinski definition) is 9. The molecule has 0 saturated carbocycles. The number of fused-ring (bicyclic) bond motifs is 1. The molecule has 280 valence electrons. The van der Waals surface area contributed by atoms with Gasteiger partial charge in [-0.25, -0.2) is 0 Å². The summed E-state index contributed by atoms with van der Waals surface area (Å²) in [6, 6.07) is 7.40. The van der Waals surface area contributed by atoms with Crippen LogP contribution in [0.3, 0.4) is 0 Å². The van der Waals surface area contributed by atoms with Gasteiger partial charge in [-0.3, -0.25) is 24.1 Å². The number of nitrogens with zero attached hydrogens (tertiary/aromatic N) is 3. The van der Waals surface area contributed by atoms with Crippen LogP contribution < -0.4 is 5.32 Å². The molecule has 1 unspecified atom stereocenters. The van der Waals surface area contributed by atoms with E-state index >= 15 is 0 Å². The second-order valence-corrected chi connectivity index (χ2v) is 15.2. The second-order valence-electron chi connectivity index (χ2n) is 14.0. The number of aliphatic hydroxyl groups excluding tert-OH is 1. The fourth-order valence-corrected chi connectivity index (χ4v) is 9.08. The Hall–Kier alpha value is -3.10. The van der Waals surface area contributed by atoms with Gasteiger partial charge in [0.15, 0.2) is 0 Å². The van der Waals surface area contributed by atoms with Crippen LogP contribution in [-0.2, 0) is 33.4 Å². The summed E-state index contributed by atoms with van der Waals surface area (Å²) < 4.78 is 18.4. The Morgan fingerprint density at radius 1 is 1.20 bits per heavy atom. The first-order valence-corrected chi connectivity index (χ1v) is 19.1. The third-order valence-electron chi connectivity index (χ3n) is 11.0. The van der Waals surface area contributed by atoms with Gasteiger partial charge in [0, 0.05) is 44.0 Å². The summed E-state index contributed by atoms with van der Waals surface area (Å²) in [6.45, 7) is 15.3. The molecule has 2 bridgehead atoms. The number of carbonyl (C=O) groups is 4. The molecule has 0 aromatic heterocycles. The fourth-order valence-electron chi connectivity index (χ4n) is 8.14. The standard InChI is InChI=1S/C38H53BrN4O8/c1-5-8-14-30(45)40-23-29(26-12-10-9-11-13-26)50-37(48)31-32-35(46)43(28(24-44)25(4)7-3)34(38(32)22-27(39)33(31)51-38)36(47)42(15-6-2)17-16-41-18-20-49-21-19-41/h5-6,9-13,25,27-29,31-34,44H,1-2,7-8,14-24H2,3-4H3,(H,40,45)/t25-,27?,28-,29-,31-,32+,33-,34-,38+/m0/s1. The number of esters is 1. The molecule has 3 amide bonds. The molecule has 5 rings (SSSR count). The minimum absolute atomic E-state index is 0.0406. The van der Waals surface area contributed by atoms with Crippen molar-refractivity contribution in [3.8, 4) is 0 Å². The van der Waals surface area contributed by atoms with Crippen molar-refractivity contribution < 1.29 is 38.5 Å². The van der Waals surface area contributed by atoms with E-state index in [9.17, 15) is 24.3 Å². The van der Waals surface area contributed by atoms with Gasteiger partial charge in [-0.2, -0.15) is 0 Å². The molecule has 4 aliphatic heterocycles. The van der Waals surface area contributed by atoms with Gasteiger partial charge in [-0.15, -0.1) is 13.2 Å². The van der Waals surface area contributed by atoms with E-state index in [1.54, 1.807) is 17.1 Å². The van der Waals surface area contributed by atoms with Crippen LogP contribution in [0.1, 0.15) is 51.2 Å². The number of likely N-dealkylation sites (tertiary alicyclic amines) is 1. The number of benzene rings is 1. The third-order valence-corrected chi connectivity index (χ3v) is 11.9. The van der Waals surface area contributed by atoms with Gasteiger partial charge in [-0.05, 0) is 24.3 Å². The lowest BCUT2D eigenvalue weighted by molar-refractivity contribution is -0.161. The predicted molar refractivity (Wildman–Crippen MR) is 195 cm³/mol. The highest BCUT2D eigenvalue weighted by molar-refractivity contribution is 9.09. The summed E-state index contributed by atoms with van der Waals surface area (Å²) in [6.07, 6.45) is 3.55. The van der Waals surface area contributed by atoms with Gasteiger partial charge >= 0.3 is 5.97 Å². The first kappa shape index (κ1) is 39.1. The van der Waals surface area contributed by atoms with E-state index in [1.807, 2.05) is 44.2 Å². The van der Waals surface area contributed by atoms with Crippen LogP contribution >= 0.6 is 15.9 Å². The van der Waals surface area contributed by atoms with Crippen molar-refractivity contribution in [3.63, 3.8) is 0 Å². The first-order chi connectivity index (χ1) is 24.6. The number of aliphatic hydroxyl groups is 1. The monoisotopic (exact) mass is 772 g/mol. The molecule has 51 heavy (non-hydrogen) atoms. The minimum atomic E-state index is -1.32. The largest absolute Gasteiger partial charge is 0.455 e. The smallest absolute Gasteiger partial charge is 0.313 e. The van der Waals surface area contributed by atoms with Crippen molar-refractivity contribution in [1.29, 1.82) is 0 Å². The molecule has 1 spiro atoms. The molecule has 4 fully saturated rings. The lowest BCUT2D eigenvalue weighted by atomic mass is 9.70. The lowest BCUT2D eigenvalue weighted by Gasteiger charge is -2.41. The molecule has 4 heterocycles. The van der Waals surface area contributed by atoms with E-state index in [0.717, 1.165) is 13.1 Å². The van der Waals surface area contributed by atoms with Crippen LogP contribution in [0.4, 0.5) is 0 Å². The minimum Gasteiger partial charge on any atom is -0.455 e. The Morgan fingerprint density at radius 3 is 2.57 bits per heavy atom. The molecule has 0 aliphatic carbocycles. The number of alkyl halides is 1. The Balaban J connectivity index is 1.47. The Kier molecular flexibility index (Phi) is 13.5. The summed E-state index contributed by atoms with van der Waals surface area (Å²) >= 11 is 3.75. The number of morpholine rings is 1. The number of rotatable bonds is 18. The molecule has 4 saturated heterocycles. The Morgan fingerprint density at radius 2 is 1.92 bits per heavy atom. The highest BCUT2D eigenvalue weighted by Gasteiger charge is 2.77. The summed E-state index contributed by atoms with van der Waals surface area (Å²) in [5, 5.41) is 13.6. The average Bonchev–Trinajstić information content (AvgIpc) is 3.74. The number of nitrogens with one attached hydrogen (secondary N) is 1. The fraction of sp³-hybridized carbons (Fsp3) is 0.632. The number of carbonyl (C=O) groups excluding carboxylic acids is 4. The SMILES string of the molecule is C=CCCC(=O)NC[C@H](OC(=O)[C@@H]1[C@H]2O[C@@]3(CC2Br)[C@H](C(=O)N(CC=C)CCN2CCOCC2)N([C@@H](CO)[C@@H](C)CC)C(=O)[C@@H]13)c1ccccc1. The van der Waals surface area contributed by atoms with Gasteiger partial charge in [0.05, 0.1) is 50.3 Å². The normalized spacial score (nSPS) is 28.8. The highest BCUT2D eigenvalue weighted by Crippen LogP contribution is 2.61. The number of halogens is 1. The Bertz CT molecular complexity index is 1410. The molecular formula is C38H53BrN4O8. The van der Waals surface area contributed by atoms with Crippen molar-refractivity contribution in [2.45, 2.75) is 74.3 Å². The number of amides is 3. The summed E-state index contributed by atoms with van der Waals surface area (Å²) in [7, 11) is 0. The number of hydrogen-bond donors (Lipinski definition) is 2. The van der Waals surface area contributed by atoms with Gasteiger partial charge in [-0.1, -0.05) is 78.7 Å². The van der Waals surface area contributed by atoms with Gasteiger partial charge < -0.3 is 34.4 Å². The van der Waals surface area contributed by atoms with Gasteiger partial charge in [0.25, 0.3) is 0 Å². The molecule has 12 nitrogen and oxygen atoms in total. The molecule has 4 aliphatic rings. The summed E-state index contributed by atoms with van der Waals surface area (Å²) in [5.74, 6) is -3.67. The van der Waals surface area contributed by atoms with Gasteiger partial charge in [0.1, 0.15) is 17.7 Å². The van der Waals surface area contributed by atoms with Crippen LogP contribution in [0.25, 0.3) is 0 Å². The number of allylic oxidation sites excluding steroid dienone is 1. The van der Waals surface area contributed by atoms with Crippen molar-refractivity contribution >= 4 is 39.6 Å². The van der Waals surface area contributed by atoms with E-state index in [1.165, 1.54) is 4.90 Å². The number of ether oxygens (including phenoxy) is 3. The maximum atomic E-state index is 14.9. The van der Waals surface area contributed by atoms with E-state index in [4.69, 9.17) is 14.2 Å². The molecule has 1 aromatic carbocycles. The van der Waals surface area contributed by atoms with E-state index in [-0.39, 0.29) is 48.7 Å². The van der Waals surface area contributed by atoms with Crippen molar-refractivity contribution in [3.05, 3.63) is 61.2 Å². The zero-order valence-electron chi connectivity index (χ0n) is 29.8. The maximum Gasteiger partial charge on any atom is 0.313 e. The molecular weight excluding hydrogens is 720 g/mol. The summed E-state index contributed by atoms with van der Waals surface area (Å²) in [4.78, 5) is 61.8. The van der Waals surface area contributed by atoms with E-state index < -0.39 is 53.6 Å². The van der Waals surface area contributed by atoms with Crippen molar-refractivity contribution in [2.75, 3.05) is 59.1 Å². The quantitative estimate of drug-likeness (QED) is 0.131. The van der Waals surface area contributed by atoms with Crippen LogP contribution in [-0.4, -0.2) is 131 Å². The van der Waals surface area contributed by atoms with Crippen LogP contribution in [0, 0.1) is 17.8 Å². The highest BCUT2D eigenvalue weighted by atomic mass is 79.9. The average molecular weight is 774 g/mol. The van der Waals surface area contributed by atoms with Crippen molar-refractivity contribution in [1.82, 2.24) is 20.0 Å². The zero-order chi connectivity index (χ0) is 36.7. The molecule has 0 radical (unpaired) electrons. The van der Waals surface area contributed by atoms with E-state index in [0.29, 0.717) is 51.1 Å². The third kappa shape index (κ3) is 8.12. The summed E-state index contributed by atoms with van der Waals surface area (Å²) in [5.41, 5.74) is -0.633. The second kappa shape index (κ2) is 17.6. The maximum absolute atomic E-state index is 14.9. The van der Waals surface area contributed by atoms with E-state index in [2.05, 4.69) is 39.3 Å². The zero-order valence-corrected chi connectivity index (χ0v) is 31.4.